The first kappa shape index (κ1) is 18.6. The minimum atomic E-state index is -0.427. The van der Waals surface area contributed by atoms with Gasteiger partial charge in [-0.05, 0) is 48.5 Å². The van der Waals surface area contributed by atoms with Crippen LogP contribution in [0.2, 0.25) is 0 Å². The quantitative estimate of drug-likeness (QED) is 0.661. The molecule has 0 saturated carbocycles. The zero-order valence-electron chi connectivity index (χ0n) is 15.0. The van der Waals surface area contributed by atoms with E-state index in [1.165, 1.54) is 13.3 Å². The molecule has 7 heteroatoms. The fourth-order valence-electron chi connectivity index (χ4n) is 2.46. The van der Waals surface area contributed by atoms with Crippen molar-refractivity contribution in [3.05, 3.63) is 83.6 Å². The summed E-state index contributed by atoms with van der Waals surface area (Å²) in [6, 6.07) is 18.8. The van der Waals surface area contributed by atoms with E-state index in [1.807, 2.05) is 6.07 Å². The maximum Gasteiger partial charge on any atom is 0.337 e. The van der Waals surface area contributed by atoms with Gasteiger partial charge in [0, 0.05) is 17.6 Å². The van der Waals surface area contributed by atoms with Crippen LogP contribution in [0.5, 0.6) is 0 Å². The number of carbonyl (C=O) groups is 2. The van der Waals surface area contributed by atoms with Gasteiger partial charge in [0.2, 0.25) is 0 Å². The number of anilines is 3. The Balaban J connectivity index is 1.68. The zero-order chi connectivity index (χ0) is 19.9. The van der Waals surface area contributed by atoms with Crippen molar-refractivity contribution in [1.29, 1.82) is 5.26 Å². The molecule has 3 rings (SSSR count). The molecule has 0 atom stereocenters. The third-order valence-corrected chi connectivity index (χ3v) is 3.83. The smallest absolute Gasteiger partial charge is 0.337 e. The number of benzene rings is 2. The van der Waals surface area contributed by atoms with Crippen LogP contribution in [0.1, 0.15) is 26.3 Å². The third-order valence-electron chi connectivity index (χ3n) is 3.83. The van der Waals surface area contributed by atoms with Crippen molar-refractivity contribution >= 4 is 29.1 Å². The van der Waals surface area contributed by atoms with Crippen LogP contribution < -0.4 is 10.6 Å². The number of nitrogens with one attached hydrogen (secondary N) is 2. The lowest BCUT2D eigenvalue weighted by Crippen LogP contribution is -2.12. The molecule has 2 aromatic carbocycles. The average Bonchev–Trinajstić information content (AvgIpc) is 2.74. The van der Waals surface area contributed by atoms with Crippen molar-refractivity contribution in [2.24, 2.45) is 0 Å². The van der Waals surface area contributed by atoms with Crippen molar-refractivity contribution in [3.8, 4) is 6.07 Å². The van der Waals surface area contributed by atoms with Crippen LogP contribution in [0.25, 0.3) is 0 Å². The normalized spacial score (nSPS) is 9.86. The first-order valence-corrected chi connectivity index (χ1v) is 8.32. The predicted molar refractivity (Wildman–Crippen MR) is 104 cm³/mol. The van der Waals surface area contributed by atoms with E-state index < -0.39 is 5.97 Å². The van der Waals surface area contributed by atoms with Crippen LogP contribution in [-0.2, 0) is 4.74 Å². The highest BCUT2D eigenvalue weighted by Crippen LogP contribution is 2.17. The van der Waals surface area contributed by atoms with E-state index in [1.54, 1.807) is 60.7 Å². The molecule has 0 spiro atoms. The monoisotopic (exact) mass is 372 g/mol. The number of ether oxygens (including phenoxy) is 1. The van der Waals surface area contributed by atoms with Gasteiger partial charge in [-0.15, -0.1) is 0 Å². The minimum absolute atomic E-state index is 0.332. The predicted octanol–water partition coefficient (Wildman–Crippen LogP) is 3.74. The number of methoxy groups -OCH3 is 1. The van der Waals surface area contributed by atoms with Crippen molar-refractivity contribution < 1.29 is 14.3 Å². The molecular weight excluding hydrogens is 356 g/mol. The molecule has 0 saturated heterocycles. The number of nitrogens with zero attached hydrogens (tertiary/aromatic N) is 2. The van der Waals surface area contributed by atoms with Crippen LogP contribution in [-0.4, -0.2) is 24.0 Å². The summed E-state index contributed by atoms with van der Waals surface area (Å²) in [5.74, 6) is -0.240. The molecule has 28 heavy (non-hydrogen) atoms. The lowest BCUT2D eigenvalue weighted by atomic mass is 10.2. The number of hydrogen-bond donors (Lipinski definition) is 2. The topological polar surface area (TPSA) is 104 Å². The van der Waals surface area contributed by atoms with Gasteiger partial charge in [-0.3, -0.25) is 4.79 Å². The Morgan fingerprint density at radius 2 is 1.79 bits per heavy atom. The molecule has 0 aliphatic carbocycles. The van der Waals surface area contributed by atoms with Crippen LogP contribution in [0.3, 0.4) is 0 Å². The molecule has 0 aliphatic heterocycles. The van der Waals surface area contributed by atoms with Crippen LogP contribution >= 0.6 is 0 Å². The summed E-state index contributed by atoms with van der Waals surface area (Å²) in [4.78, 5) is 28.2. The molecule has 7 nitrogen and oxygen atoms in total. The Kier molecular flexibility index (Phi) is 5.63. The average molecular weight is 372 g/mol. The molecule has 0 aliphatic rings. The Morgan fingerprint density at radius 3 is 2.50 bits per heavy atom. The van der Waals surface area contributed by atoms with Crippen molar-refractivity contribution in [1.82, 2.24) is 4.98 Å². The number of nitriles is 1. The summed E-state index contributed by atoms with van der Waals surface area (Å²) < 4.78 is 4.70. The van der Waals surface area contributed by atoms with Gasteiger partial charge >= 0.3 is 5.97 Å². The van der Waals surface area contributed by atoms with Gasteiger partial charge in [0.25, 0.3) is 5.91 Å². The molecule has 3 aromatic rings. The third kappa shape index (κ3) is 4.51. The summed E-state index contributed by atoms with van der Waals surface area (Å²) in [7, 11) is 1.32. The van der Waals surface area contributed by atoms with E-state index >= 15 is 0 Å². The number of hydrogen-bond acceptors (Lipinski definition) is 6. The lowest BCUT2D eigenvalue weighted by Gasteiger charge is -2.08. The maximum atomic E-state index is 12.3. The van der Waals surface area contributed by atoms with Crippen LogP contribution in [0.15, 0.2) is 66.9 Å². The number of esters is 1. The number of carbonyl (C=O) groups excluding carboxylic acids is 2. The molecule has 1 heterocycles. The maximum absolute atomic E-state index is 12.3. The molecule has 0 fully saturated rings. The fraction of sp³-hybridized carbons (Fsp3) is 0.0476. The second kappa shape index (κ2) is 8.47. The lowest BCUT2D eigenvalue weighted by molar-refractivity contribution is 0.0600. The Bertz CT molecular complexity index is 1060. The Morgan fingerprint density at radius 1 is 1.00 bits per heavy atom. The molecule has 0 bridgehead atoms. The molecule has 0 unspecified atom stereocenters. The van der Waals surface area contributed by atoms with E-state index in [4.69, 9.17) is 10.00 Å². The van der Waals surface area contributed by atoms with Crippen LogP contribution in [0.4, 0.5) is 17.2 Å². The first-order valence-electron chi connectivity index (χ1n) is 8.32. The first-order chi connectivity index (χ1) is 13.6. The van der Waals surface area contributed by atoms with E-state index in [0.717, 1.165) is 0 Å². The summed E-state index contributed by atoms with van der Waals surface area (Å²) >= 11 is 0. The standard InChI is InChI=1S/C21H16N4O3/c1-28-21(27)15-5-3-7-18(11-15)24-19-9-8-16(13-23-19)20(26)25-17-6-2-4-14(10-17)12-22/h2-11,13H,1H3,(H,23,24)(H,25,26). The number of rotatable bonds is 5. The number of amides is 1. The van der Waals surface area contributed by atoms with Gasteiger partial charge in [0.1, 0.15) is 5.82 Å². The number of aromatic nitrogens is 1. The largest absolute Gasteiger partial charge is 0.465 e. The summed E-state index contributed by atoms with van der Waals surface area (Å²) in [5.41, 5.74) is 2.45. The molecular formula is C21H16N4O3. The molecule has 2 N–H and O–H groups in total. The summed E-state index contributed by atoms with van der Waals surface area (Å²) in [6.45, 7) is 0. The van der Waals surface area contributed by atoms with Gasteiger partial charge in [0.05, 0.1) is 29.9 Å². The van der Waals surface area contributed by atoms with E-state index in [-0.39, 0.29) is 5.91 Å². The van der Waals surface area contributed by atoms with Crippen LogP contribution in [0, 0.1) is 11.3 Å². The number of pyridine rings is 1. The SMILES string of the molecule is COC(=O)c1cccc(Nc2ccc(C(=O)Nc3cccc(C#N)c3)cn2)c1. The molecule has 0 radical (unpaired) electrons. The summed E-state index contributed by atoms with van der Waals surface area (Å²) in [5, 5.41) is 14.7. The molecule has 1 aromatic heterocycles. The highest BCUT2D eigenvalue weighted by molar-refractivity contribution is 6.04. The van der Waals surface area contributed by atoms with E-state index in [0.29, 0.717) is 33.9 Å². The Labute approximate surface area is 161 Å². The van der Waals surface area contributed by atoms with Crippen molar-refractivity contribution in [3.63, 3.8) is 0 Å². The van der Waals surface area contributed by atoms with Gasteiger partial charge in [-0.2, -0.15) is 5.26 Å². The minimum Gasteiger partial charge on any atom is -0.465 e. The van der Waals surface area contributed by atoms with Gasteiger partial charge in [-0.25, -0.2) is 9.78 Å². The molecule has 138 valence electrons. The molecule has 1 amide bonds. The highest BCUT2D eigenvalue weighted by atomic mass is 16.5. The van der Waals surface area contributed by atoms with Crippen molar-refractivity contribution in [2.75, 3.05) is 17.7 Å². The zero-order valence-corrected chi connectivity index (χ0v) is 15.0. The Hall–Kier alpha value is -4.18. The van der Waals surface area contributed by atoms with Crippen molar-refractivity contribution in [2.45, 2.75) is 0 Å². The van der Waals surface area contributed by atoms with Gasteiger partial charge in [0.15, 0.2) is 0 Å². The van der Waals surface area contributed by atoms with E-state index in [9.17, 15) is 9.59 Å². The van der Waals surface area contributed by atoms with Gasteiger partial charge in [-0.1, -0.05) is 12.1 Å². The fourth-order valence-corrected chi connectivity index (χ4v) is 2.46. The second-order valence-electron chi connectivity index (χ2n) is 5.78. The van der Waals surface area contributed by atoms with Gasteiger partial charge < -0.3 is 15.4 Å². The highest BCUT2D eigenvalue weighted by Gasteiger charge is 2.09. The van der Waals surface area contributed by atoms with E-state index in [2.05, 4.69) is 15.6 Å². The second-order valence-corrected chi connectivity index (χ2v) is 5.78. The summed E-state index contributed by atoms with van der Waals surface area (Å²) in [6.07, 6.45) is 1.44.